The summed E-state index contributed by atoms with van der Waals surface area (Å²) in [6.07, 6.45) is 1.89. The van der Waals surface area contributed by atoms with Gasteiger partial charge in [0, 0.05) is 5.92 Å². The topological polar surface area (TPSA) is 64.9 Å². The molecule has 2 atom stereocenters. The number of nitrogens with two attached hydrogens (primary N) is 1. The molecule has 1 aliphatic rings. The Morgan fingerprint density at radius 1 is 1.44 bits per heavy atom. The van der Waals surface area contributed by atoms with Crippen LogP contribution in [0.5, 0.6) is 0 Å². The van der Waals surface area contributed by atoms with Crippen molar-refractivity contribution in [1.29, 1.82) is 0 Å². The number of rotatable bonds is 4. The molecule has 0 aliphatic heterocycles. The fourth-order valence-corrected chi connectivity index (χ4v) is 2.45. The third-order valence-electron chi connectivity index (χ3n) is 3.64. The average molecular weight is 243 g/mol. The highest BCUT2D eigenvalue weighted by atomic mass is 16.5. The van der Waals surface area contributed by atoms with E-state index in [2.05, 4.69) is 41.3 Å². The van der Waals surface area contributed by atoms with Gasteiger partial charge in [-0.3, -0.25) is 0 Å². The molecule has 1 aliphatic carbocycles. The van der Waals surface area contributed by atoms with Crippen molar-refractivity contribution >= 4 is 0 Å². The predicted octanol–water partition coefficient (Wildman–Crippen LogP) is 2.21. The predicted molar refractivity (Wildman–Crippen MR) is 68.4 cm³/mol. The molecule has 2 N–H and O–H groups in total. The molecule has 0 spiro atoms. The van der Waals surface area contributed by atoms with Gasteiger partial charge in [-0.2, -0.15) is 4.98 Å². The van der Waals surface area contributed by atoms with Crippen molar-refractivity contribution in [2.75, 3.05) is 6.54 Å². The summed E-state index contributed by atoms with van der Waals surface area (Å²) in [4.78, 5) is 4.52. The van der Waals surface area contributed by atoms with E-state index in [0.717, 1.165) is 18.7 Å². The van der Waals surface area contributed by atoms with Crippen LogP contribution in [0, 0.1) is 0 Å². The van der Waals surface area contributed by atoms with Gasteiger partial charge in [-0.1, -0.05) is 36.3 Å². The fraction of sp³-hybridized carbons (Fsp3) is 0.429. The Morgan fingerprint density at radius 2 is 2.28 bits per heavy atom. The van der Waals surface area contributed by atoms with Gasteiger partial charge in [-0.25, -0.2) is 0 Å². The lowest BCUT2D eigenvalue weighted by Gasteiger charge is -2.27. The molecule has 0 fully saturated rings. The van der Waals surface area contributed by atoms with Crippen LogP contribution < -0.4 is 5.73 Å². The van der Waals surface area contributed by atoms with Gasteiger partial charge in [0.15, 0.2) is 5.82 Å². The number of nitrogens with zero attached hydrogens (tertiary/aromatic N) is 2. The van der Waals surface area contributed by atoms with E-state index < -0.39 is 0 Å². The van der Waals surface area contributed by atoms with E-state index in [0.29, 0.717) is 18.4 Å². The Labute approximate surface area is 106 Å². The Bertz CT molecular complexity index is 549. The maximum Gasteiger partial charge on any atom is 0.229 e. The second-order valence-corrected chi connectivity index (χ2v) is 4.92. The molecule has 94 valence electrons. The van der Waals surface area contributed by atoms with Crippen LogP contribution in [0.25, 0.3) is 0 Å². The molecular weight excluding hydrogens is 226 g/mol. The second-order valence-electron chi connectivity index (χ2n) is 4.92. The maximum atomic E-state index is 5.54. The molecule has 0 saturated heterocycles. The van der Waals surface area contributed by atoms with Crippen LogP contribution in [-0.2, 0) is 6.42 Å². The number of fused-ring (bicyclic) bond motifs is 1. The summed E-state index contributed by atoms with van der Waals surface area (Å²) in [6, 6.07) is 8.43. The first-order chi connectivity index (χ1) is 8.79. The lowest BCUT2D eigenvalue weighted by Crippen LogP contribution is -2.19. The molecular formula is C14H17N3O. The molecule has 1 aromatic carbocycles. The van der Waals surface area contributed by atoms with E-state index >= 15 is 0 Å². The SMILES string of the molecule is CC(CCN)c1nc(C2Cc3ccccc32)no1. The number of hydrogen-bond acceptors (Lipinski definition) is 4. The van der Waals surface area contributed by atoms with Crippen molar-refractivity contribution in [3.8, 4) is 0 Å². The van der Waals surface area contributed by atoms with Crippen molar-refractivity contribution in [3.63, 3.8) is 0 Å². The lowest BCUT2D eigenvalue weighted by molar-refractivity contribution is 0.348. The van der Waals surface area contributed by atoms with Crippen LogP contribution in [-0.4, -0.2) is 16.7 Å². The van der Waals surface area contributed by atoms with Gasteiger partial charge in [0.2, 0.25) is 5.89 Å². The molecule has 2 aromatic rings. The van der Waals surface area contributed by atoms with Crippen molar-refractivity contribution in [1.82, 2.24) is 10.1 Å². The molecule has 0 radical (unpaired) electrons. The maximum absolute atomic E-state index is 5.54. The third kappa shape index (κ3) is 1.82. The zero-order chi connectivity index (χ0) is 12.5. The summed E-state index contributed by atoms with van der Waals surface area (Å²) in [5.74, 6) is 2.07. The molecule has 18 heavy (non-hydrogen) atoms. The Morgan fingerprint density at radius 3 is 3.06 bits per heavy atom. The Kier molecular flexibility index (Phi) is 2.88. The lowest BCUT2D eigenvalue weighted by atomic mass is 9.77. The average Bonchev–Trinajstić information content (AvgIpc) is 2.80. The number of benzene rings is 1. The van der Waals surface area contributed by atoms with E-state index in [4.69, 9.17) is 10.3 Å². The smallest absolute Gasteiger partial charge is 0.229 e. The molecule has 0 bridgehead atoms. The zero-order valence-corrected chi connectivity index (χ0v) is 10.5. The number of hydrogen-bond donors (Lipinski definition) is 1. The molecule has 2 unspecified atom stereocenters. The molecule has 4 heteroatoms. The minimum Gasteiger partial charge on any atom is -0.339 e. The first-order valence-corrected chi connectivity index (χ1v) is 6.41. The molecule has 0 saturated carbocycles. The minimum absolute atomic E-state index is 0.242. The van der Waals surface area contributed by atoms with Gasteiger partial charge in [0.25, 0.3) is 0 Å². The molecule has 4 nitrogen and oxygen atoms in total. The first kappa shape index (κ1) is 11.4. The minimum atomic E-state index is 0.242. The summed E-state index contributed by atoms with van der Waals surface area (Å²) >= 11 is 0. The second kappa shape index (κ2) is 4.53. The van der Waals surface area contributed by atoms with Crippen LogP contribution in [0.1, 0.15) is 48.0 Å². The molecule has 1 aromatic heterocycles. The summed E-state index contributed by atoms with van der Waals surface area (Å²) in [5, 5.41) is 4.11. The quantitative estimate of drug-likeness (QED) is 0.894. The van der Waals surface area contributed by atoms with Crippen LogP contribution in [0.2, 0.25) is 0 Å². The van der Waals surface area contributed by atoms with Gasteiger partial charge >= 0.3 is 0 Å². The van der Waals surface area contributed by atoms with Gasteiger partial charge in [-0.05, 0) is 30.5 Å². The van der Waals surface area contributed by atoms with Crippen molar-refractivity contribution in [3.05, 3.63) is 47.1 Å². The largest absolute Gasteiger partial charge is 0.339 e. The fourth-order valence-electron chi connectivity index (χ4n) is 2.45. The monoisotopic (exact) mass is 243 g/mol. The summed E-state index contributed by atoms with van der Waals surface area (Å²) in [6.45, 7) is 2.71. The molecule has 1 heterocycles. The van der Waals surface area contributed by atoms with Gasteiger partial charge < -0.3 is 10.3 Å². The molecule has 3 rings (SSSR count). The van der Waals surface area contributed by atoms with Crippen molar-refractivity contribution in [2.45, 2.75) is 31.6 Å². The van der Waals surface area contributed by atoms with E-state index in [1.165, 1.54) is 11.1 Å². The standard InChI is InChI=1S/C14H17N3O/c1-9(6-7-15)14-16-13(17-18-14)12-8-10-4-2-3-5-11(10)12/h2-5,9,12H,6-8,15H2,1H3. The summed E-state index contributed by atoms with van der Waals surface area (Å²) < 4.78 is 5.33. The van der Waals surface area contributed by atoms with E-state index in [9.17, 15) is 0 Å². The third-order valence-corrected chi connectivity index (χ3v) is 3.64. The first-order valence-electron chi connectivity index (χ1n) is 6.41. The van der Waals surface area contributed by atoms with E-state index in [-0.39, 0.29) is 5.92 Å². The summed E-state index contributed by atoms with van der Waals surface area (Å²) in [5.41, 5.74) is 8.27. The zero-order valence-electron chi connectivity index (χ0n) is 10.5. The Balaban J connectivity index is 1.80. The van der Waals surface area contributed by atoms with E-state index in [1.807, 2.05) is 0 Å². The van der Waals surface area contributed by atoms with Crippen LogP contribution in [0.15, 0.2) is 28.8 Å². The van der Waals surface area contributed by atoms with E-state index in [1.54, 1.807) is 0 Å². The van der Waals surface area contributed by atoms with Gasteiger partial charge in [0.1, 0.15) is 0 Å². The van der Waals surface area contributed by atoms with Crippen molar-refractivity contribution < 1.29 is 4.52 Å². The van der Waals surface area contributed by atoms with Crippen LogP contribution in [0.3, 0.4) is 0 Å². The van der Waals surface area contributed by atoms with Crippen molar-refractivity contribution in [2.24, 2.45) is 5.73 Å². The normalized spacial score (nSPS) is 19.1. The highest BCUT2D eigenvalue weighted by Gasteiger charge is 2.31. The van der Waals surface area contributed by atoms with Gasteiger partial charge in [-0.15, -0.1) is 0 Å². The van der Waals surface area contributed by atoms with Crippen LogP contribution >= 0.6 is 0 Å². The number of aromatic nitrogens is 2. The summed E-state index contributed by atoms with van der Waals surface area (Å²) in [7, 11) is 0. The molecule has 0 amide bonds. The van der Waals surface area contributed by atoms with Crippen LogP contribution in [0.4, 0.5) is 0 Å². The highest BCUT2D eigenvalue weighted by molar-refractivity contribution is 5.43. The Hall–Kier alpha value is -1.68. The highest BCUT2D eigenvalue weighted by Crippen LogP contribution is 2.38. The van der Waals surface area contributed by atoms with Gasteiger partial charge in [0.05, 0.1) is 5.92 Å².